The number of hydrogen-bond acceptors (Lipinski definition) is 6. The summed E-state index contributed by atoms with van der Waals surface area (Å²) in [5.74, 6) is -1.01. The predicted octanol–water partition coefficient (Wildman–Crippen LogP) is 5.51. The number of carbonyl (C=O) groups is 2. The third-order valence-corrected chi connectivity index (χ3v) is 7.54. The summed E-state index contributed by atoms with van der Waals surface area (Å²) < 4.78 is 37.3. The van der Waals surface area contributed by atoms with Crippen LogP contribution in [0.4, 0.5) is 0 Å². The summed E-state index contributed by atoms with van der Waals surface area (Å²) >= 11 is 0. The molecule has 3 rings (SSSR count). The number of ether oxygens (including phenoxy) is 2. The number of aryl methyl sites for hydroxylation is 1. The van der Waals surface area contributed by atoms with Gasteiger partial charge in [0.2, 0.25) is 9.84 Å². The first-order chi connectivity index (χ1) is 18.2. The third kappa shape index (κ3) is 7.94. The van der Waals surface area contributed by atoms with Crippen molar-refractivity contribution in [1.29, 1.82) is 0 Å². The Bertz CT molecular complexity index is 1390. The molecule has 200 valence electrons. The van der Waals surface area contributed by atoms with E-state index in [9.17, 15) is 23.1 Å². The molecule has 3 aromatic rings. The van der Waals surface area contributed by atoms with E-state index in [0.717, 1.165) is 36.6 Å². The van der Waals surface area contributed by atoms with Gasteiger partial charge in [0.25, 0.3) is 0 Å². The number of aliphatic carboxylic acids is 1. The second kappa shape index (κ2) is 13.4. The van der Waals surface area contributed by atoms with E-state index in [0.29, 0.717) is 17.9 Å². The van der Waals surface area contributed by atoms with E-state index in [-0.39, 0.29) is 28.2 Å². The third-order valence-electron chi connectivity index (χ3n) is 5.79. The van der Waals surface area contributed by atoms with Crippen LogP contribution in [0, 0.1) is 0 Å². The van der Waals surface area contributed by atoms with Crippen LogP contribution in [0.5, 0.6) is 11.5 Å². The minimum absolute atomic E-state index is 0.0588. The summed E-state index contributed by atoms with van der Waals surface area (Å²) in [6.07, 6.45) is 6.51. The molecule has 9 heteroatoms. The predicted molar refractivity (Wildman–Crippen MR) is 143 cm³/mol. The number of hydrogen-bond donors (Lipinski definition) is 2. The van der Waals surface area contributed by atoms with Gasteiger partial charge in [-0.3, -0.25) is 4.79 Å². The number of aromatic carboxylic acids is 1. The molecule has 2 N–H and O–H groups in total. The van der Waals surface area contributed by atoms with Crippen LogP contribution in [0.3, 0.4) is 0 Å². The number of allylic oxidation sites excluding steroid dienone is 1. The van der Waals surface area contributed by atoms with Crippen LogP contribution in [0.2, 0.25) is 0 Å². The Kier molecular flexibility index (Phi) is 10.1. The normalized spacial score (nSPS) is 11.4. The number of benzene rings is 3. The van der Waals surface area contributed by atoms with E-state index in [1.54, 1.807) is 7.11 Å². The summed E-state index contributed by atoms with van der Waals surface area (Å²) in [7, 11) is -2.39. The second-order valence-electron chi connectivity index (χ2n) is 8.52. The molecule has 0 saturated heterocycles. The lowest BCUT2D eigenvalue weighted by molar-refractivity contribution is -0.136. The molecule has 0 aromatic heterocycles. The van der Waals surface area contributed by atoms with Gasteiger partial charge >= 0.3 is 11.9 Å². The van der Waals surface area contributed by atoms with Crippen molar-refractivity contribution in [1.82, 2.24) is 0 Å². The Labute approximate surface area is 222 Å². The fourth-order valence-electron chi connectivity index (χ4n) is 3.71. The quantitative estimate of drug-likeness (QED) is 0.257. The Morgan fingerprint density at radius 1 is 0.921 bits per heavy atom. The maximum Gasteiger partial charge on any atom is 0.335 e. The summed E-state index contributed by atoms with van der Waals surface area (Å²) in [6, 6.07) is 17.2. The van der Waals surface area contributed by atoms with Gasteiger partial charge in [-0.05, 0) is 85.3 Å². The van der Waals surface area contributed by atoms with E-state index in [1.165, 1.54) is 36.4 Å². The molecule has 0 unspecified atom stereocenters. The molecule has 0 aliphatic rings. The number of rotatable bonds is 14. The van der Waals surface area contributed by atoms with Crippen LogP contribution < -0.4 is 9.47 Å². The van der Waals surface area contributed by atoms with Crippen molar-refractivity contribution >= 4 is 27.9 Å². The molecule has 0 amide bonds. The smallest absolute Gasteiger partial charge is 0.335 e. The molecule has 0 radical (unpaired) electrons. The number of sulfone groups is 1. The van der Waals surface area contributed by atoms with Crippen molar-refractivity contribution in [3.05, 3.63) is 89.5 Å². The molecular weight excluding hydrogens is 508 g/mol. The average Bonchev–Trinajstić information content (AvgIpc) is 2.92. The SMILES string of the molecule is COc1ccc(C=CCCCCOc2ccc(S(=O)(=O)c3cccc(C(=O)O)c3)cc2CCC(=O)O)cc1. The lowest BCUT2D eigenvalue weighted by Gasteiger charge is -2.13. The first-order valence-electron chi connectivity index (χ1n) is 12.1. The highest BCUT2D eigenvalue weighted by Gasteiger charge is 2.21. The minimum Gasteiger partial charge on any atom is -0.497 e. The van der Waals surface area contributed by atoms with Crippen LogP contribution in [-0.2, 0) is 21.1 Å². The molecular formula is C29H30O8S. The summed E-state index contributed by atoms with van der Waals surface area (Å²) in [5.41, 5.74) is 1.40. The van der Waals surface area contributed by atoms with E-state index < -0.39 is 21.8 Å². The fourth-order valence-corrected chi connectivity index (χ4v) is 5.07. The van der Waals surface area contributed by atoms with E-state index >= 15 is 0 Å². The van der Waals surface area contributed by atoms with Gasteiger partial charge in [0.1, 0.15) is 11.5 Å². The van der Waals surface area contributed by atoms with Gasteiger partial charge in [0.15, 0.2) is 0 Å². The highest BCUT2D eigenvalue weighted by molar-refractivity contribution is 7.91. The highest BCUT2D eigenvalue weighted by Crippen LogP contribution is 2.28. The molecule has 0 spiro atoms. The Balaban J connectivity index is 1.64. The van der Waals surface area contributed by atoms with Crippen molar-refractivity contribution in [2.45, 2.75) is 41.9 Å². The Hall–Kier alpha value is -4.11. The summed E-state index contributed by atoms with van der Waals surface area (Å²) in [4.78, 5) is 22.2. The Morgan fingerprint density at radius 3 is 2.34 bits per heavy atom. The van der Waals surface area contributed by atoms with Crippen LogP contribution in [0.15, 0.2) is 82.6 Å². The number of methoxy groups -OCH3 is 1. The zero-order valence-electron chi connectivity index (χ0n) is 21.0. The molecule has 0 aliphatic carbocycles. The standard InChI is InChI=1S/C29H30O8S/c1-36-24-13-10-21(11-14-24)7-4-2-3-5-18-37-27-16-15-26(19-22(27)12-17-28(30)31)38(34,35)25-9-6-8-23(20-25)29(32)33/h4,6-11,13-16,19-20H,2-3,5,12,17-18H2,1H3,(H,30,31)(H,32,33). The second-order valence-corrected chi connectivity index (χ2v) is 10.5. The lowest BCUT2D eigenvalue weighted by Crippen LogP contribution is -2.07. The van der Waals surface area contributed by atoms with E-state index in [4.69, 9.17) is 14.6 Å². The van der Waals surface area contributed by atoms with Crippen molar-refractivity contribution < 1.29 is 37.7 Å². The van der Waals surface area contributed by atoms with Gasteiger partial charge in [-0.25, -0.2) is 13.2 Å². The molecule has 0 heterocycles. The molecule has 8 nitrogen and oxygen atoms in total. The van der Waals surface area contributed by atoms with Gasteiger partial charge in [-0.15, -0.1) is 0 Å². The first-order valence-corrected chi connectivity index (χ1v) is 13.6. The van der Waals surface area contributed by atoms with Crippen LogP contribution >= 0.6 is 0 Å². The fraction of sp³-hybridized carbons (Fsp3) is 0.241. The van der Waals surface area contributed by atoms with Gasteiger partial charge in [-0.1, -0.05) is 30.4 Å². The molecule has 0 bridgehead atoms. The van der Waals surface area contributed by atoms with E-state index in [1.807, 2.05) is 30.3 Å². The first kappa shape index (κ1) is 28.5. The van der Waals surface area contributed by atoms with Crippen LogP contribution in [0.25, 0.3) is 6.08 Å². The van der Waals surface area contributed by atoms with Gasteiger partial charge in [0.05, 0.1) is 29.1 Å². The molecule has 0 fully saturated rings. The highest BCUT2D eigenvalue weighted by atomic mass is 32.2. The topological polar surface area (TPSA) is 127 Å². The van der Waals surface area contributed by atoms with Crippen LogP contribution in [-0.4, -0.2) is 44.3 Å². The zero-order valence-corrected chi connectivity index (χ0v) is 21.8. The maximum atomic E-state index is 13.1. The van der Waals surface area contributed by atoms with Crippen LogP contribution in [0.1, 0.15) is 47.2 Å². The zero-order chi connectivity index (χ0) is 27.5. The van der Waals surface area contributed by atoms with Gasteiger partial charge in [-0.2, -0.15) is 0 Å². The van der Waals surface area contributed by atoms with Gasteiger partial charge < -0.3 is 19.7 Å². The average molecular weight is 539 g/mol. The summed E-state index contributed by atoms with van der Waals surface area (Å²) in [5, 5.41) is 18.3. The lowest BCUT2D eigenvalue weighted by atomic mass is 10.1. The molecule has 0 atom stereocenters. The number of unbranched alkanes of at least 4 members (excludes halogenated alkanes) is 2. The number of carboxylic acids is 2. The molecule has 3 aromatic carbocycles. The largest absolute Gasteiger partial charge is 0.497 e. The van der Waals surface area contributed by atoms with Gasteiger partial charge in [0, 0.05) is 6.42 Å². The van der Waals surface area contributed by atoms with Crippen molar-refractivity contribution in [2.75, 3.05) is 13.7 Å². The summed E-state index contributed by atoms with van der Waals surface area (Å²) in [6.45, 7) is 0.392. The van der Waals surface area contributed by atoms with E-state index in [2.05, 4.69) is 6.08 Å². The monoisotopic (exact) mass is 538 g/mol. The Morgan fingerprint density at radius 2 is 1.66 bits per heavy atom. The molecule has 0 saturated carbocycles. The number of carboxylic acid groups (broad SMARTS) is 2. The van der Waals surface area contributed by atoms with Crippen molar-refractivity contribution in [2.24, 2.45) is 0 Å². The van der Waals surface area contributed by atoms with Crippen molar-refractivity contribution in [3.63, 3.8) is 0 Å². The van der Waals surface area contributed by atoms with Crippen molar-refractivity contribution in [3.8, 4) is 11.5 Å². The maximum absolute atomic E-state index is 13.1. The minimum atomic E-state index is -4.02. The molecule has 0 aliphatic heterocycles. The molecule has 38 heavy (non-hydrogen) atoms.